The summed E-state index contributed by atoms with van der Waals surface area (Å²) >= 11 is 0. The van der Waals surface area contributed by atoms with Crippen molar-refractivity contribution in [2.24, 2.45) is 0 Å². The molecule has 1 saturated heterocycles. The second-order valence-electron chi connectivity index (χ2n) is 4.50. The molecule has 0 radical (unpaired) electrons. The molecule has 1 aliphatic rings. The molecule has 1 amide bonds. The summed E-state index contributed by atoms with van der Waals surface area (Å²) in [6.45, 7) is 1.93. The fourth-order valence-electron chi connectivity index (χ4n) is 2.11. The van der Waals surface area contributed by atoms with Gasteiger partial charge in [0.25, 0.3) is 0 Å². The Kier molecular flexibility index (Phi) is 4.57. The Hall–Kier alpha value is -2.08. The van der Waals surface area contributed by atoms with Gasteiger partial charge >= 0.3 is 12.1 Å². The number of rotatable bonds is 4. The number of hydrogen-bond donors (Lipinski definition) is 1. The molecule has 0 aromatic heterocycles. The van der Waals surface area contributed by atoms with Crippen molar-refractivity contribution >= 4 is 12.1 Å². The number of carboxylic acid groups (broad SMARTS) is 1. The second kappa shape index (κ2) is 6.38. The summed E-state index contributed by atoms with van der Waals surface area (Å²) in [5.74, 6) is -1.09. The van der Waals surface area contributed by atoms with Crippen LogP contribution in [-0.4, -0.2) is 40.9 Å². The number of ether oxygens (including phenoxy) is 2. The third kappa shape index (κ3) is 3.08. The Balaban J connectivity index is 2.00. The third-order valence-corrected chi connectivity index (χ3v) is 3.14. The van der Waals surface area contributed by atoms with E-state index in [1.807, 2.05) is 37.3 Å². The van der Waals surface area contributed by atoms with E-state index in [0.717, 1.165) is 10.5 Å². The van der Waals surface area contributed by atoms with Gasteiger partial charge in [0.15, 0.2) is 6.04 Å². The summed E-state index contributed by atoms with van der Waals surface area (Å²) < 4.78 is 10.5. The number of benzene rings is 1. The fraction of sp³-hybridized carbons (Fsp3) is 0.429. The molecule has 1 fully saturated rings. The van der Waals surface area contributed by atoms with E-state index in [4.69, 9.17) is 14.6 Å². The number of carbonyl (C=O) groups excluding carboxylic acids is 1. The molecule has 1 N–H and O–H groups in total. The average molecular weight is 279 g/mol. The fourth-order valence-corrected chi connectivity index (χ4v) is 2.11. The van der Waals surface area contributed by atoms with E-state index in [0.29, 0.717) is 6.42 Å². The van der Waals surface area contributed by atoms with Gasteiger partial charge in [-0.25, -0.2) is 9.59 Å². The van der Waals surface area contributed by atoms with E-state index >= 15 is 0 Å². The second-order valence-corrected chi connectivity index (χ2v) is 4.50. The molecule has 1 aromatic carbocycles. The first kappa shape index (κ1) is 14.3. The maximum Gasteiger partial charge on any atom is 0.413 e. The third-order valence-electron chi connectivity index (χ3n) is 3.14. The van der Waals surface area contributed by atoms with Crippen molar-refractivity contribution in [2.75, 3.05) is 6.61 Å². The average Bonchev–Trinajstić information content (AvgIpc) is 2.90. The summed E-state index contributed by atoms with van der Waals surface area (Å²) in [5.41, 5.74) is 0.848. The summed E-state index contributed by atoms with van der Waals surface area (Å²) in [7, 11) is 0. The van der Waals surface area contributed by atoms with Crippen LogP contribution in [0.15, 0.2) is 30.3 Å². The number of aliphatic carboxylic acids is 1. The largest absolute Gasteiger partial charge is 0.480 e. The molecule has 6 heteroatoms. The number of amides is 1. The lowest BCUT2D eigenvalue weighted by Gasteiger charge is -2.24. The highest BCUT2D eigenvalue weighted by molar-refractivity contribution is 5.80. The minimum atomic E-state index is -1.09. The van der Waals surface area contributed by atoms with Crippen molar-refractivity contribution in [3.05, 3.63) is 35.9 Å². The lowest BCUT2D eigenvalue weighted by molar-refractivity contribution is -0.141. The summed E-state index contributed by atoms with van der Waals surface area (Å²) in [6.07, 6.45) is -0.686. The molecule has 2 atom stereocenters. The highest BCUT2D eigenvalue weighted by atomic mass is 16.6. The molecule has 1 heterocycles. The van der Waals surface area contributed by atoms with Gasteiger partial charge in [0.2, 0.25) is 0 Å². The summed E-state index contributed by atoms with van der Waals surface area (Å²) in [4.78, 5) is 24.3. The van der Waals surface area contributed by atoms with Gasteiger partial charge in [-0.3, -0.25) is 4.90 Å². The molecular weight excluding hydrogens is 262 g/mol. The molecule has 20 heavy (non-hydrogen) atoms. The normalized spacial score (nSPS) is 21.8. The van der Waals surface area contributed by atoms with Crippen LogP contribution in [0.5, 0.6) is 0 Å². The Morgan fingerprint density at radius 2 is 2.10 bits per heavy atom. The minimum absolute atomic E-state index is 0.00568. The molecule has 0 spiro atoms. The minimum Gasteiger partial charge on any atom is -0.480 e. The molecule has 2 unspecified atom stereocenters. The lowest BCUT2D eigenvalue weighted by atomic mass is 10.2. The predicted octanol–water partition coefficient (Wildman–Crippen LogP) is 1.84. The number of hydrogen-bond acceptors (Lipinski definition) is 4. The lowest BCUT2D eigenvalue weighted by Crippen LogP contribution is -2.45. The van der Waals surface area contributed by atoms with Crippen LogP contribution in [0.25, 0.3) is 0 Å². The van der Waals surface area contributed by atoms with Crippen molar-refractivity contribution in [1.29, 1.82) is 0 Å². The van der Waals surface area contributed by atoms with Crippen molar-refractivity contribution < 1.29 is 24.2 Å². The van der Waals surface area contributed by atoms with E-state index in [-0.39, 0.29) is 13.2 Å². The number of nitrogens with zero attached hydrogens (tertiary/aromatic N) is 1. The van der Waals surface area contributed by atoms with Crippen molar-refractivity contribution in [3.8, 4) is 0 Å². The van der Waals surface area contributed by atoms with Gasteiger partial charge in [-0.1, -0.05) is 37.3 Å². The highest BCUT2D eigenvalue weighted by Crippen LogP contribution is 2.21. The highest BCUT2D eigenvalue weighted by Gasteiger charge is 2.42. The Labute approximate surface area is 116 Å². The predicted molar refractivity (Wildman–Crippen MR) is 69.9 cm³/mol. The SMILES string of the molecule is CCC1OCC(C(=O)O)N1C(=O)OCc1ccccc1. The van der Waals surface area contributed by atoms with Crippen molar-refractivity contribution in [3.63, 3.8) is 0 Å². The van der Waals surface area contributed by atoms with Crippen LogP contribution in [0.1, 0.15) is 18.9 Å². The molecule has 2 rings (SSSR count). The van der Waals surface area contributed by atoms with E-state index < -0.39 is 24.3 Å². The molecule has 0 aliphatic carbocycles. The molecular formula is C14H17NO5. The van der Waals surface area contributed by atoms with Gasteiger partial charge in [-0.15, -0.1) is 0 Å². The van der Waals surface area contributed by atoms with Crippen molar-refractivity contribution in [1.82, 2.24) is 4.90 Å². The standard InChI is InChI=1S/C14H17NO5/c1-2-12-15(11(9-19-12)13(16)17)14(18)20-8-10-6-4-3-5-7-10/h3-7,11-12H,2,8-9H2,1H3,(H,16,17). The molecule has 0 bridgehead atoms. The number of carboxylic acids is 1. The quantitative estimate of drug-likeness (QED) is 0.910. The first-order valence-electron chi connectivity index (χ1n) is 6.47. The molecule has 1 aliphatic heterocycles. The van der Waals surface area contributed by atoms with E-state index in [1.54, 1.807) is 0 Å². The van der Waals surface area contributed by atoms with Gasteiger partial charge in [0, 0.05) is 0 Å². The first-order valence-corrected chi connectivity index (χ1v) is 6.47. The molecule has 108 valence electrons. The van der Waals surface area contributed by atoms with Crippen LogP contribution in [0.2, 0.25) is 0 Å². The van der Waals surface area contributed by atoms with Gasteiger partial charge in [0.1, 0.15) is 12.8 Å². The smallest absolute Gasteiger partial charge is 0.413 e. The zero-order valence-electron chi connectivity index (χ0n) is 11.2. The van der Waals surface area contributed by atoms with Crippen molar-refractivity contribution in [2.45, 2.75) is 32.2 Å². The zero-order valence-corrected chi connectivity index (χ0v) is 11.2. The van der Waals surface area contributed by atoms with Gasteiger partial charge in [-0.05, 0) is 12.0 Å². The Morgan fingerprint density at radius 3 is 2.70 bits per heavy atom. The number of carbonyl (C=O) groups is 2. The van der Waals surface area contributed by atoms with E-state index in [9.17, 15) is 9.59 Å². The van der Waals surface area contributed by atoms with E-state index in [2.05, 4.69) is 0 Å². The van der Waals surface area contributed by atoms with Crippen LogP contribution in [0.4, 0.5) is 4.79 Å². The van der Waals surface area contributed by atoms with Crippen LogP contribution in [0, 0.1) is 0 Å². The summed E-state index contributed by atoms with van der Waals surface area (Å²) in [5, 5.41) is 9.10. The monoisotopic (exact) mass is 279 g/mol. The molecule has 6 nitrogen and oxygen atoms in total. The van der Waals surface area contributed by atoms with Crippen LogP contribution >= 0.6 is 0 Å². The van der Waals surface area contributed by atoms with Crippen LogP contribution in [-0.2, 0) is 20.9 Å². The molecule has 0 saturated carbocycles. The Bertz CT molecular complexity index is 476. The van der Waals surface area contributed by atoms with Crippen LogP contribution in [0.3, 0.4) is 0 Å². The maximum atomic E-state index is 12.1. The molecule has 1 aromatic rings. The van der Waals surface area contributed by atoms with E-state index in [1.165, 1.54) is 0 Å². The van der Waals surface area contributed by atoms with Gasteiger partial charge in [0.05, 0.1) is 6.61 Å². The zero-order chi connectivity index (χ0) is 14.5. The first-order chi connectivity index (χ1) is 9.63. The maximum absolute atomic E-state index is 12.1. The summed E-state index contributed by atoms with van der Waals surface area (Å²) in [6, 6.07) is 8.24. The topological polar surface area (TPSA) is 76.1 Å². The Morgan fingerprint density at radius 1 is 1.40 bits per heavy atom. The van der Waals surface area contributed by atoms with Crippen LogP contribution < -0.4 is 0 Å². The van der Waals surface area contributed by atoms with Gasteiger partial charge < -0.3 is 14.6 Å². The van der Waals surface area contributed by atoms with Gasteiger partial charge in [-0.2, -0.15) is 0 Å².